The first kappa shape index (κ1) is 16.7. The third-order valence-corrected chi connectivity index (χ3v) is 3.78. The van der Waals surface area contributed by atoms with Gasteiger partial charge in [0.1, 0.15) is 0 Å². The van der Waals surface area contributed by atoms with Gasteiger partial charge in [0.05, 0.1) is 22.8 Å². The monoisotopic (exact) mass is 305 g/mol. The van der Waals surface area contributed by atoms with Crippen molar-refractivity contribution in [1.29, 1.82) is 0 Å². The van der Waals surface area contributed by atoms with Gasteiger partial charge >= 0.3 is 0 Å². The fourth-order valence-electron chi connectivity index (χ4n) is 1.75. The quantitative estimate of drug-likeness (QED) is 0.747. The zero-order chi connectivity index (χ0) is 14.3. The normalized spacial score (nSPS) is 12.9. The number of hydrogen-bond acceptors (Lipinski definition) is 3. The molecule has 108 valence electrons. The van der Waals surface area contributed by atoms with E-state index in [0.717, 1.165) is 19.7 Å². The fourth-order valence-corrected chi connectivity index (χ4v) is 2.19. The van der Waals surface area contributed by atoms with Crippen molar-refractivity contribution in [3.05, 3.63) is 33.8 Å². The highest BCUT2D eigenvalue weighted by Gasteiger charge is 2.14. The molecule has 3 nitrogen and oxygen atoms in total. The third kappa shape index (κ3) is 5.67. The number of rotatable bonds is 8. The summed E-state index contributed by atoms with van der Waals surface area (Å²) in [5.74, 6) is 0. The van der Waals surface area contributed by atoms with Crippen molar-refractivity contribution in [2.45, 2.75) is 19.4 Å². The van der Waals surface area contributed by atoms with Gasteiger partial charge in [-0.25, -0.2) is 0 Å². The number of nitrogens with zero attached hydrogens (tertiary/aromatic N) is 1. The maximum atomic E-state index is 10.1. The molecule has 0 amide bonds. The lowest BCUT2D eigenvalue weighted by molar-refractivity contribution is 0.109. The van der Waals surface area contributed by atoms with Gasteiger partial charge in [-0.15, -0.1) is 0 Å². The summed E-state index contributed by atoms with van der Waals surface area (Å²) in [5, 5.41) is 11.1. The van der Waals surface area contributed by atoms with E-state index in [-0.39, 0.29) is 0 Å². The fraction of sp³-hybridized carbons (Fsp3) is 0.571. The molecule has 0 aliphatic rings. The van der Waals surface area contributed by atoms with Crippen LogP contribution in [0.5, 0.6) is 0 Å². The summed E-state index contributed by atoms with van der Waals surface area (Å²) in [6.45, 7) is 5.04. The molecule has 1 aromatic carbocycles. The third-order valence-electron chi connectivity index (χ3n) is 2.95. The van der Waals surface area contributed by atoms with Gasteiger partial charge in [-0.1, -0.05) is 35.3 Å². The van der Waals surface area contributed by atoms with Gasteiger partial charge in [0, 0.05) is 25.3 Å². The molecular formula is C14H21Cl2NO2. The van der Waals surface area contributed by atoms with Crippen LogP contribution in [0.15, 0.2) is 18.2 Å². The van der Waals surface area contributed by atoms with Crippen LogP contribution in [-0.4, -0.2) is 43.4 Å². The van der Waals surface area contributed by atoms with Gasteiger partial charge in [0.15, 0.2) is 0 Å². The van der Waals surface area contributed by atoms with Crippen molar-refractivity contribution >= 4 is 23.2 Å². The molecule has 1 rings (SSSR count). The van der Waals surface area contributed by atoms with Crippen LogP contribution >= 0.6 is 23.2 Å². The summed E-state index contributed by atoms with van der Waals surface area (Å²) in [6, 6.07) is 5.32. The molecule has 1 N–H and O–H groups in total. The Morgan fingerprint density at radius 1 is 1.32 bits per heavy atom. The average Bonchev–Trinajstić information content (AvgIpc) is 2.39. The second-order valence-electron chi connectivity index (χ2n) is 4.45. The van der Waals surface area contributed by atoms with Crippen LogP contribution < -0.4 is 0 Å². The number of benzene rings is 1. The van der Waals surface area contributed by atoms with Crippen molar-refractivity contribution < 1.29 is 9.84 Å². The van der Waals surface area contributed by atoms with Crippen LogP contribution in [0.3, 0.4) is 0 Å². The zero-order valence-corrected chi connectivity index (χ0v) is 12.9. The number of likely N-dealkylation sites (N-methyl/N-ethyl adjacent to an activating group) is 1. The molecule has 0 saturated carbocycles. The predicted molar refractivity (Wildman–Crippen MR) is 80.0 cm³/mol. The average molecular weight is 306 g/mol. The molecule has 19 heavy (non-hydrogen) atoms. The van der Waals surface area contributed by atoms with Gasteiger partial charge in [0.2, 0.25) is 0 Å². The minimum absolute atomic E-state index is 0.439. The highest BCUT2D eigenvalue weighted by molar-refractivity contribution is 6.42. The Labute approximate surface area is 125 Å². The first-order chi connectivity index (χ1) is 9.06. The molecule has 0 bridgehead atoms. The molecule has 0 saturated heterocycles. The van der Waals surface area contributed by atoms with Crippen LogP contribution in [0.2, 0.25) is 10.0 Å². The molecule has 0 heterocycles. The number of ether oxygens (including phenoxy) is 1. The molecule has 0 radical (unpaired) electrons. The molecule has 0 aliphatic heterocycles. The molecule has 0 aromatic heterocycles. The van der Waals surface area contributed by atoms with E-state index in [4.69, 9.17) is 27.9 Å². The van der Waals surface area contributed by atoms with E-state index in [1.807, 2.05) is 14.0 Å². The molecule has 5 heteroatoms. The Hall–Kier alpha value is -0.320. The second-order valence-corrected chi connectivity index (χ2v) is 5.23. The van der Waals surface area contributed by atoms with Crippen LogP contribution in [0.25, 0.3) is 0 Å². The Morgan fingerprint density at radius 3 is 2.74 bits per heavy atom. The lowest BCUT2D eigenvalue weighted by Crippen LogP contribution is -2.25. The number of halogens is 2. The van der Waals surface area contributed by atoms with Gasteiger partial charge in [0.25, 0.3) is 0 Å². The lowest BCUT2D eigenvalue weighted by atomic mass is 10.1. The largest absolute Gasteiger partial charge is 0.388 e. The maximum Gasteiger partial charge on any atom is 0.0817 e. The van der Waals surface area contributed by atoms with Gasteiger partial charge in [-0.2, -0.15) is 0 Å². The molecule has 1 aromatic rings. The van der Waals surface area contributed by atoms with Crippen molar-refractivity contribution in [2.24, 2.45) is 0 Å². The summed E-state index contributed by atoms with van der Waals surface area (Å²) in [5.41, 5.74) is 0.687. The summed E-state index contributed by atoms with van der Waals surface area (Å²) >= 11 is 12.0. The first-order valence-electron chi connectivity index (χ1n) is 6.44. The van der Waals surface area contributed by atoms with Crippen LogP contribution in [-0.2, 0) is 4.74 Å². The summed E-state index contributed by atoms with van der Waals surface area (Å²) in [7, 11) is 2.01. The Kier molecular flexibility index (Phi) is 7.73. The second kappa shape index (κ2) is 8.77. The van der Waals surface area contributed by atoms with Gasteiger partial charge in [-0.3, -0.25) is 0 Å². The standard InChI is InChI=1S/C14H21Cl2NO2/c1-3-19-10-9-17(2)8-7-13(18)11-5-4-6-12(15)14(11)16/h4-6,13,18H,3,7-10H2,1-2H3. The van der Waals surface area contributed by atoms with Crippen molar-refractivity contribution in [3.8, 4) is 0 Å². The zero-order valence-electron chi connectivity index (χ0n) is 11.4. The van der Waals surface area contributed by atoms with E-state index in [0.29, 0.717) is 28.6 Å². The van der Waals surface area contributed by atoms with Crippen LogP contribution in [0, 0.1) is 0 Å². The van der Waals surface area contributed by atoms with Gasteiger partial charge < -0.3 is 14.7 Å². The summed E-state index contributed by atoms with van der Waals surface area (Å²) < 4.78 is 5.29. The van der Waals surface area contributed by atoms with E-state index in [1.54, 1.807) is 18.2 Å². The van der Waals surface area contributed by atoms with Crippen molar-refractivity contribution in [3.63, 3.8) is 0 Å². The minimum Gasteiger partial charge on any atom is -0.388 e. The Morgan fingerprint density at radius 2 is 2.05 bits per heavy atom. The molecule has 1 atom stereocenters. The highest BCUT2D eigenvalue weighted by Crippen LogP contribution is 2.31. The van der Waals surface area contributed by atoms with E-state index in [9.17, 15) is 5.11 Å². The van der Waals surface area contributed by atoms with E-state index >= 15 is 0 Å². The lowest BCUT2D eigenvalue weighted by Gasteiger charge is -2.19. The van der Waals surface area contributed by atoms with E-state index < -0.39 is 6.10 Å². The highest BCUT2D eigenvalue weighted by atomic mass is 35.5. The Bertz CT molecular complexity index is 388. The summed E-state index contributed by atoms with van der Waals surface area (Å²) in [4.78, 5) is 2.12. The van der Waals surface area contributed by atoms with Gasteiger partial charge in [-0.05, 0) is 26.5 Å². The maximum absolute atomic E-state index is 10.1. The molecule has 0 fully saturated rings. The number of hydrogen-bond donors (Lipinski definition) is 1. The minimum atomic E-state index is -0.597. The number of aliphatic hydroxyl groups excluding tert-OH is 1. The molecule has 1 unspecified atom stereocenters. The molecular weight excluding hydrogens is 285 g/mol. The molecule has 0 spiro atoms. The van der Waals surface area contributed by atoms with Crippen molar-refractivity contribution in [1.82, 2.24) is 4.90 Å². The van der Waals surface area contributed by atoms with Crippen molar-refractivity contribution in [2.75, 3.05) is 33.4 Å². The molecule has 0 aliphatic carbocycles. The van der Waals surface area contributed by atoms with Crippen LogP contribution in [0.1, 0.15) is 25.0 Å². The summed E-state index contributed by atoms with van der Waals surface area (Å²) in [6.07, 6.45) is 0.0172. The van der Waals surface area contributed by atoms with E-state index in [1.165, 1.54) is 0 Å². The smallest absolute Gasteiger partial charge is 0.0817 e. The number of aliphatic hydroxyl groups is 1. The van der Waals surface area contributed by atoms with Crippen LogP contribution in [0.4, 0.5) is 0 Å². The predicted octanol–water partition coefficient (Wildman–Crippen LogP) is 3.39. The Balaban J connectivity index is 2.42. The topological polar surface area (TPSA) is 32.7 Å². The first-order valence-corrected chi connectivity index (χ1v) is 7.20. The SMILES string of the molecule is CCOCCN(C)CCC(O)c1cccc(Cl)c1Cl. The van der Waals surface area contributed by atoms with E-state index in [2.05, 4.69) is 4.90 Å².